The lowest BCUT2D eigenvalue weighted by atomic mass is 10.1. The first-order chi connectivity index (χ1) is 11.8. The van der Waals surface area contributed by atoms with E-state index in [2.05, 4.69) is 4.90 Å². The molecule has 1 aromatic heterocycles. The number of likely N-dealkylation sites (tertiary alicyclic amines) is 1. The number of hydrogen-bond donors (Lipinski definition) is 1. The Kier molecular flexibility index (Phi) is 4.10. The largest absolute Gasteiger partial charge is 0.356 e. The molecule has 126 valence electrons. The van der Waals surface area contributed by atoms with E-state index in [0.29, 0.717) is 12.5 Å². The number of pyridine rings is 1. The molecule has 0 spiro atoms. The van der Waals surface area contributed by atoms with E-state index in [1.54, 1.807) is 0 Å². The van der Waals surface area contributed by atoms with Crippen LogP contribution in [0, 0.1) is 5.92 Å². The predicted octanol–water partition coefficient (Wildman–Crippen LogP) is 2.26. The van der Waals surface area contributed by atoms with Crippen molar-refractivity contribution >= 4 is 22.6 Å². The summed E-state index contributed by atoms with van der Waals surface area (Å²) in [6.07, 6.45) is 3.34. The Balaban J connectivity index is 1.74. The molecule has 1 atom stereocenters. The van der Waals surface area contributed by atoms with Gasteiger partial charge < -0.3 is 15.5 Å². The molecule has 0 aliphatic carbocycles. The fourth-order valence-electron chi connectivity index (χ4n) is 3.81. The van der Waals surface area contributed by atoms with Gasteiger partial charge >= 0.3 is 0 Å². The Morgan fingerprint density at radius 3 is 2.75 bits per heavy atom. The topological polar surface area (TPSA) is 62.5 Å². The lowest BCUT2D eigenvalue weighted by molar-refractivity contribution is 0.0788. The van der Waals surface area contributed by atoms with Crippen LogP contribution in [0.3, 0.4) is 0 Å². The van der Waals surface area contributed by atoms with E-state index < -0.39 is 0 Å². The van der Waals surface area contributed by atoms with Crippen molar-refractivity contribution in [1.82, 2.24) is 9.88 Å². The number of anilines is 1. The molecule has 2 N–H and O–H groups in total. The lowest BCUT2D eigenvalue weighted by Gasteiger charge is -2.23. The Labute approximate surface area is 142 Å². The Bertz CT molecular complexity index is 754. The van der Waals surface area contributed by atoms with E-state index in [1.807, 2.05) is 35.2 Å². The van der Waals surface area contributed by atoms with E-state index in [9.17, 15) is 4.79 Å². The number of para-hydroxylation sites is 1. The smallest absolute Gasteiger partial charge is 0.257 e. The SMILES string of the molecule is NC[C@@H]1CCN(C(=O)c2cc3ccccc3nc2N2CCCC2)C1. The number of hydrogen-bond acceptors (Lipinski definition) is 4. The molecule has 0 unspecified atom stereocenters. The van der Waals surface area contributed by atoms with Crippen molar-refractivity contribution in [2.75, 3.05) is 37.6 Å². The second kappa shape index (κ2) is 6.40. The first kappa shape index (κ1) is 15.4. The molecule has 3 heterocycles. The van der Waals surface area contributed by atoms with Gasteiger partial charge in [0.05, 0.1) is 11.1 Å². The molecule has 2 saturated heterocycles. The maximum absolute atomic E-state index is 13.1. The molecule has 2 aliphatic heterocycles. The highest BCUT2D eigenvalue weighted by atomic mass is 16.2. The van der Waals surface area contributed by atoms with Crippen LogP contribution in [0.1, 0.15) is 29.6 Å². The van der Waals surface area contributed by atoms with E-state index in [-0.39, 0.29) is 5.91 Å². The molecule has 24 heavy (non-hydrogen) atoms. The normalized spacial score (nSPS) is 21.0. The number of carbonyl (C=O) groups is 1. The quantitative estimate of drug-likeness (QED) is 0.941. The summed E-state index contributed by atoms with van der Waals surface area (Å²) in [7, 11) is 0. The van der Waals surface area contributed by atoms with Crippen LogP contribution in [0.15, 0.2) is 30.3 Å². The molecule has 0 bridgehead atoms. The van der Waals surface area contributed by atoms with Gasteiger partial charge in [0.2, 0.25) is 0 Å². The Morgan fingerprint density at radius 1 is 1.21 bits per heavy atom. The molecule has 2 aromatic rings. The zero-order valence-corrected chi connectivity index (χ0v) is 13.9. The number of nitrogens with zero attached hydrogens (tertiary/aromatic N) is 3. The maximum atomic E-state index is 13.1. The van der Waals surface area contributed by atoms with Gasteiger partial charge in [0.25, 0.3) is 5.91 Å². The van der Waals surface area contributed by atoms with Crippen LogP contribution in [-0.2, 0) is 0 Å². The fraction of sp³-hybridized carbons (Fsp3) is 0.474. The monoisotopic (exact) mass is 324 g/mol. The number of benzene rings is 1. The van der Waals surface area contributed by atoms with Crippen LogP contribution in [0.25, 0.3) is 10.9 Å². The average Bonchev–Trinajstić information content (AvgIpc) is 3.31. The Morgan fingerprint density at radius 2 is 2.00 bits per heavy atom. The molecule has 5 heteroatoms. The lowest BCUT2D eigenvalue weighted by Crippen LogP contribution is -2.32. The summed E-state index contributed by atoms with van der Waals surface area (Å²) in [4.78, 5) is 22.2. The maximum Gasteiger partial charge on any atom is 0.257 e. The number of amides is 1. The van der Waals surface area contributed by atoms with Crippen LogP contribution in [0.5, 0.6) is 0 Å². The van der Waals surface area contributed by atoms with Crippen LogP contribution in [0.2, 0.25) is 0 Å². The van der Waals surface area contributed by atoms with Gasteiger partial charge in [-0.2, -0.15) is 0 Å². The van der Waals surface area contributed by atoms with Crippen LogP contribution in [-0.4, -0.2) is 48.5 Å². The highest BCUT2D eigenvalue weighted by molar-refractivity contribution is 6.02. The van der Waals surface area contributed by atoms with Gasteiger partial charge in [-0.05, 0) is 43.9 Å². The second-order valence-electron chi connectivity index (χ2n) is 6.89. The van der Waals surface area contributed by atoms with Crippen molar-refractivity contribution < 1.29 is 4.79 Å². The summed E-state index contributed by atoms with van der Waals surface area (Å²) in [6, 6.07) is 10.1. The first-order valence-electron chi connectivity index (χ1n) is 8.90. The van der Waals surface area contributed by atoms with Gasteiger partial charge in [-0.15, -0.1) is 0 Å². The van der Waals surface area contributed by atoms with Crippen molar-refractivity contribution in [2.45, 2.75) is 19.3 Å². The van der Waals surface area contributed by atoms with E-state index in [4.69, 9.17) is 10.7 Å². The van der Waals surface area contributed by atoms with Gasteiger partial charge in [-0.3, -0.25) is 4.79 Å². The highest BCUT2D eigenvalue weighted by Gasteiger charge is 2.29. The summed E-state index contributed by atoms with van der Waals surface area (Å²) < 4.78 is 0. The molecular formula is C19H24N4O. The minimum atomic E-state index is 0.103. The third-order valence-corrected chi connectivity index (χ3v) is 5.25. The molecule has 0 saturated carbocycles. The van der Waals surface area contributed by atoms with Gasteiger partial charge in [-0.25, -0.2) is 4.98 Å². The molecule has 4 rings (SSSR count). The summed E-state index contributed by atoms with van der Waals surface area (Å²) >= 11 is 0. The van der Waals surface area contributed by atoms with Gasteiger partial charge in [0.15, 0.2) is 0 Å². The van der Waals surface area contributed by atoms with Crippen molar-refractivity contribution in [2.24, 2.45) is 11.7 Å². The molecule has 2 aliphatic rings. The van der Waals surface area contributed by atoms with Crippen molar-refractivity contribution in [3.63, 3.8) is 0 Å². The number of rotatable bonds is 3. The highest BCUT2D eigenvalue weighted by Crippen LogP contribution is 2.29. The standard InChI is InChI=1S/C19H24N4O/c20-12-14-7-10-23(13-14)19(24)16-11-15-5-1-2-6-17(15)21-18(16)22-8-3-4-9-22/h1-2,5-6,11,14H,3-4,7-10,12-13,20H2/t14-/m0/s1. The predicted molar refractivity (Wildman–Crippen MR) is 96.3 cm³/mol. The summed E-state index contributed by atoms with van der Waals surface area (Å²) in [5.74, 6) is 1.39. The average molecular weight is 324 g/mol. The molecule has 1 amide bonds. The van der Waals surface area contributed by atoms with Crippen LogP contribution < -0.4 is 10.6 Å². The molecule has 5 nitrogen and oxygen atoms in total. The number of nitrogens with two attached hydrogens (primary N) is 1. The van der Waals surface area contributed by atoms with E-state index >= 15 is 0 Å². The molecule has 0 radical (unpaired) electrons. The molecule has 2 fully saturated rings. The summed E-state index contributed by atoms with van der Waals surface area (Å²) in [5, 5.41) is 1.03. The van der Waals surface area contributed by atoms with E-state index in [0.717, 1.165) is 54.9 Å². The Hall–Kier alpha value is -2.14. The fourth-order valence-corrected chi connectivity index (χ4v) is 3.81. The summed E-state index contributed by atoms with van der Waals surface area (Å²) in [6.45, 7) is 4.18. The minimum Gasteiger partial charge on any atom is -0.356 e. The third-order valence-electron chi connectivity index (χ3n) is 5.25. The van der Waals surface area contributed by atoms with Crippen molar-refractivity contribution in [3.8, 4) is 0 Å². The van der Waals surface area contributed by atoms with Crippen LogP contribution in [0.4, 0.5) is 5.82 Å². The van der Waals surface area contributed by atoms with E-state index in [1.165, 1.54) is 12.8 Å². The van der Waals surface area contributed by atoms with Crippen LogP contribution >= 0.6 is 0 Å². The third kappa shape index (κ3) is 2.73. The summed E-state index contributed by atoms with van der Waals surface area (Å²) in [5.41, 5.74) is 7.48. The zero-order chi connectivity index (χ0) is 16.5. The van der Waals surface area contributed by atoms with Crippen molar-refractivity contribution in [3.05, 3.63) is 35.9 Å². The number of carbonyl (C=O) groups excluding carboxylic acids is 1. The first-order valence-corrected chi connectivity index (χ1v) is 8.90. The van der Waals surface area contributed by atoms with Gasteiger partial charge in [0.1, 0.15) is 5.82 Å². The van der Waals surface area contributed by atoms with Gasteiger partial charge in [0, 0.05) is 31.6 Å². The number of fused-ring (bicyclic) bond motifs is 1. The second-order valence-corrected chi connectivity index (χ2v) is 6.89. The van der Waals surface area contributed by atoms with Gasteiger partial charge in [-0.1, -0.05) is 18.2 Å². The van der Waals surface area contributed by atoms with Crippen molar-refractivity contribution in [1.29, 1.82) is 0 Å². The minimum absolute atomic E-state index is 0.103. The molecular weight excluding hydrogens is 300 g/mol. The number of aromatic nitrogens is 1. The molecule has 1 aromatic carbocycles. The zero-order valence-electron chi connectivity index (χ0n) is 13.9.